The molecule has 1 unspecified atom stereocenters. The molecule has 1 aliphatic rings. The zero-order chi connectivity index (χ0) is 12.3. The van der Waals surface area contributed by atoms with E-state index in [4.69, 9.17) is 16.3 Å². The number of hydrogen-bond donors (Lipinski definition) is 1. The highest BCUT2D eigenvalue weighted by Gasteiger charge is 2.24. The monoisotopic (exact) mass is 255 g/mol. The third kappa shape index (κ3) is 2.60. The molecular formula is C12H14ClNO3. The summed E-state index contributed by atoms with van der Waals surface area (Å²) in [4.78, 5) is 13.0. The highest BCUT2D eigenvalue weighted by Crippen LogP contribution is 2.26. The Morgan fingerprint density at radius 3 is 3.12 bits per heavy atom. The Kier molecular flexibility index (Phi) is 3.99. The van der Waals surface area contributed by atoms with Crippen molar-refractivity contribution in [3.8, 4) is 0 Å². The Bertz CT molecular complexity index is 411. The van der Waals surface area contributed by atoms with Gasteiger partial charge >= 0.3 is 0 Å². The smallest absolute Gasteiger partial charge is 0.152 e. The van der Waals surface area contributed by atoms with Crippen molar-refractivity contribution in [3.63, 3.8) is 0 Å². The predicted octanol–water partition coefficient (Wildman–Crippen LogP) is 1.35. The normalized spacial score (nSPS) is 20.4. The van der Waals surface area contributed by atoms with Gasteiger partial charge in [-0.15, -0.1) is 0 Å². The van der Waals surface area contributed by atoms with Gasteiger partial charge in [-0.25, -0.2) is 0 Å². The largest absolute Gasteiger partial charge is 0.394 e. The number of aldehydes is 1. The van der Waals surface area contributed by atoms with Crippen molar-refractivity contribution < 1.29 is 14.6 Å². The molecule has 1 aromatic rings. The van der Waals surface area contributed by atoms with Crippen LogP contribution < -0.4 is 4.90 Å². The van der Waals surface area contributed by atoms with E-state index in [1.807, 2.05) is 4.90 Å². The van der Waals surface area contributed by atoms with Gasteiger partial charge in [0, 0.05) is 22.8 Å². The summed E-state index contributed by atoms with van der Waals surface area (Å²) in [5.74, 6) is 0. The van der Waals surface area contributed by atoms with E-state index in [1.165, 1.54) is 0 Å². The molecule has 0 aliphatic carbocycles. The molecule has 0 radical (unpaired) electrons. The number of benzene rings is 1. The molecule has 17 heavy (non-hydrogen) atoms. The van der Waals surface area contributed by atoms with Crippen molar-refractivity contribution in [1.82, 2.24) is 0 Å². The molecule has 1 aromatic carbocycles. The van der Waals surface area contributed by atoms with Gasteiger partial charge in [0.2, 0.25) is 0 Å². The van der Waals surface area contributed by atoms with E-state index in [-0.39, 0.29) is 12.6 Å². The van der Waals surface area contributed by atoms with Crippen LogP contribution in [0.15, 0.2) is 18.2 Å². The van der Waals surface area contributed by atoms with E-state index in [9.17, 15) is 9.90 Å². The zero-order valence-corrected chi connectivity index (χ0v) is 10.1. The summed E-state index contributed by atoms with van der Waals surface area (Å²) in [6.07, 6.45) is 0.783. The summed E-state index contributed by atoms with van der Waals surface area (Å²) in [6, 6.07) is 5.07. The average Bonchev–Trinajstić information content (AvgIpc) is 2.38. The molecule has 92 valence electrons. The maximum Gasteiger partial charge on any atom is 0.152 e. The van der Waals surface area contributed by atoms with Crippen LogP contribution in [0.3, 0.4) is 0 Å². The summed E-state index contributed by atoms with van der Waals surface area (Å²) in [7, 11) is 0. The molecule has 1 saturated heterocycles. The second-order valence-corrected chi connectivity index (χ2v) is 4.36. The number of ether oxygens (including phenoxy) is 1. The number of rotatable bonds is 3. The summed E-state index contributed by atoms with van der Waals surface area (Å²) >= 11 is 5.85. The van der Waals surface area contributed by atoms with Crippen LogP contribution >= 0.6 is 11.6 Å². The highest BCUT2D eigenvalue weighted by atomic mass is 35.5. The molecular weight excluding hydrogens is 242 g/mol. The number of hydrogen-bond acceptors (Lipinski definition) is 4. The van der Waals surface area contributed by atoms with Crippen molar-refractivity contribution in [2.75, 3.05) is 31.3 Å². The van der Waals surface area contributed by atoms with Gasteiger partial charge in [0.05, 0.1) is 25.9 Å². The molecule has 1 fully saturated rings. The topological polar surface area (TPSA) is 49.8 Å². The number of morpholine rings is 1. The molecule has 0 bridgehead atoms. The van der Waals surface area contributed by atoms with Gasteiger partial charge < -0.3 is 14.7 Å². The SMILES string of the molecule is O=Cc1cc(Cl)ccc1N1CCOCC1CO. The molecule has 0 aromatic heterocycles. The summed E-state index contributed by atoms with van der Waals surface area (Å²) in [5.41, 5.74) is 1.34. The fourth-order valence-electron chi connectivity index (χ4n) is 2.00. The maximum absolute atomic E-state index is 11.0. The lowest BCUT2D eigenvalue weighted by Crippen LogP contribution is -2.48. The Hall–Kier alpha value is -1.10. The van der Waals surface area contributed by atoms with E-state index >= 15 is 0 Å². The minimum absolute atomic E-state index is 0.000916. The fraction of sp³-hybridized carbons (Fsp3) is 0.417. The second-order valence-electron chi connectivity index (χ2n) is 3.93. The summed E-state index contributed by atoms with van der Waals surface area (Å²) < 4.78 is 5.31. The van der Waals surface area contributed by atoms with Gasteiger partial charge in [0.15, 0.2) is 6.29 Å². The minimum atomic E-state index is -0.108. The second kappa shape index (κ2) is 5.49. The van der Waals surface area contributed by atoms with Gasteiger partial charge in [0.1, 0.15) is 0 Å². The standard InChI is InChI=1S/C12H14ClNO3/c13-10-1-2-12(9(5-10)6-15)14-3-4-17-8-11(14)7-16/h1-2,5-6,11,16H,3-4,7-8H2. The van der Waals surface area contributed by atoms with E-state index in [0.717, 1.165) is 12.0 Å². The quantitative estimate of drug-likeness (QED) is 0.829. The zero-order valence-electron chi connectivity index (χ0n) is 9.30. The molecule has 2 rings (SSSR count). The van der Waals surface area contributed by atoms with Crippen LogP contribution in [0.2, 0.25) is 5.02 Å². The Labute approximate surface area is 105 Å². The van der Waals surface area contributed by atoms with Gasteiger partial charge in [-0.1, -0.05) is 11.6 Å². The lowest BCUT2D eigenvalue weighted by Gasteiger charge is -2.37. The maximum atomic E-state index is 11.0. The average molecular weight is 256 g/mol. The Balaban J connectivity index is 2.34. The van der Waals surface area contributed by atoms with Crippen LogP contribution in [0.5, 0.6) is 0 Å². The number of aliphatic hydroxyl groups is 1. The van der Waals surface area contributed by atoms with Gasteiger partial charge in [-0.2, -0.15) is 0 Å². The van der Waals surface area contributed by atoms with Crippen molar-refractivity contribution in [3.05, 3.63) is 28.8 Å². The lowest BCUT2D eigenvalue weighted by atomic mass is 10.1. The molecule has 1 heterocycles. The molecule has 0 amide bonds. The molecule has 1 atom stereocenters. The van der Waals surface area contributed by atoms with Crippen molar-refractivity contribution >= 4 is 23.6 Å². The van der Waals surface area contributed by atoms with Crippen molar-refractivity contribution in [1.29, 1.82) is 0 Å². The van der Waals surface area contributed by atoms with E-state index in [2.05, 4.69) is 0 Å². The van der Waals surface area contributed by atoms with Crippen LogP contribution in [0, 0.1) is 0 Å². The van der Waals surface area contributed by atoms with E-state index in [1.54, 1.807) is 18.2 Å². The van der Waals surface area contributed by atoms with E-state index in [0.29, 0.717) is 30.3 Å². The first kappa shape index (κ1) is 12.4. The third-order valence-corrected chi connectivity index (χ3v) is 3.10. The number of halogens is 1. The number of nitrogens with zero attached hydrogens (tertiary/aromatic N) is 1. The van der Waals surface area contributed by atoms with Gasteiger partial charge in [0.25, 0.3) is 0 Å². The number of anilines is 1. The van der Waals surface area contributed by atoms with Crippen LogP contribution in [-0.2, 0) is 4.74 Å². The van der Waals surface area contributed by atoms with Crippen molar-refractivity contribution in [2.24, 2.45) is 0 Å². The molecule has 4 nitrogen and oxygen atoms in total. The van der Waals surface area contributed by atoms with Crippen LogP contribution in [0.25, 0.3) is 0 Å². The van der Waals surface area contributed by atoms with Crippen LogP contribution in [-0.4, -0.2) is 43.8 Å². The highest BCUT2D eigenvalue weighted by molar-refractivity contribution is 6.31. The Morgan fingerprint density at radius 1 is 1.59 bits per heavy atom. The molecule has 0 saturated carbocycles. The summed E-state index contributed by atoms with van der Waals surface area (Å²) in [5, 5.41) is 9.84. The molecule has 1 N–H and O–H groups in total. The minimum Gasteiger partial charge on any atom is -0.394 e. The Morgan fingerprint density at radius 2 is 2.41 bits per heavy atom. The van der Waals surface area contributed by atoms with Crippen LogP contribution in [0.4, 0.5) is 5.69 Å². The van der Waals surface area contributed by atoms with Gasteiger partial charge in [-0.3, -0.25) is 4.79 Å². The number of carbonyl (C=O) groups excluding carboxylic acids is 1. The first-order valence-electron chi connectivity index (χ1n) is 5.46. The van der Waals surface area contributed by atoms with Crippen molar-refractivity contribution in [2.45, 2.75) is 6.04 Å². The van der Waals surface area contributed by atoms with E-state index < -0.39 is 0 Å². The fourth-order valence-corrected chi connectivity index (χ4v) is 2.19. The van der Waals surface area contributed by atoms with Crippen LogP contribution in [0.1, 0.15) is 10.4 Å². The molecule has 1 aliphatic heterocycles. The number of aliphatic hydroxyl groups excluding tert-OH is 1. The first-order valence-corrected chi connectivity index (χ1v) is 5.84. The summed E-state index contributed by atoms with van der Waals surface area (Å²) in [6.45, 7) is 1.73. The predicted molar refractivity (Wildman–Crippen MR) is 65.9 cm³/mol. The molecule has 5 heteroatoms. The lowest BCUT2D eigenvalue weighted by molar-refractivity contribution is 0.0725. The third-order valence-electron chi connectivity index (χ3n) is 2.86. The first-order chi connectivity index (χ1) is 8.26. The number of carbonyl (C=O) groups is 1. The molecule has 0 spiro atoms. The van der Waals surface area contributed by atoms with Gasteiger partial charge in [-0.05, 0) is 18.2 Å².